The third-order valence-electron chi connectivity index (χ3n) is 3.38. The van der Waals surface area contributed by atoms with Crippen LogP contribution in [0.3, 0.4) is 0 Å². The highest BCUT2D eigenvalue weighted by Crippen LogP contribution is 2.21. The molecule has 0 spiro atoms. The lowest BCUT2D eigenvalue weighted by Gasteiger charge is -2.39. The quantitative estimate of drug-likeness (QED) is 0.627. The summed E-state index contributed by atoms with van der Waals surface area (Å²) in [5.74, 6) is 0. The number of hydrogen-bond acceptors (Lipinski definition) is 2. The van der Waals surface area contributed by atoms with E-state index in [2.05, 4.69) is 25.7 Å². The minimum absolute atomic E-state index is 0.367. The molecule has 90 valence electrons. The topological polar surface area (TPSA) is 12.5 Å². The molecule has 1 heterocycles. The molecule has 1 saturated heterocycles. The van der Waals surface area contributed by atoms with Gasteiger partial charge in [0.1, 0.15) is 6.23 Å². The summed E-state index contributed by atoms with van der Waals surface area (Å²) in [6, 6.07) is 0.713. The van der Waals surface area contributed by atoms with E-state index in [1.54, 1.807) is 0 Å². The van der Waals surface area contributed by atoms with Crippen molar-refractivity contribution < 1.29 is 4.74 Å². The lowest BCUT2D eigenvalue weighted by Crippen LogP contribution is -2.46. The minimum atomic E-state index is 0.367. The second-order valence-electron chi connectivity index (χ2n) is 4.67. The molecule has 2 heteroatoms. The lowest BCUT2D eigenvalue weighted by atomic mass is 10.0. The largest absolute Gasteiger partial charge is 0.363 e. The third kappa shape index (κ3) is 4.12. The van der Waals surface area contributed by atoms with Crippen molar-refractivity contribution >= 4 is 0 Å². The molecular weight excluding hydrogens is 186 g/mol. The van der Waals surface area contributed by atoms with Gasteiger partial charge in [-0.2, -0.15) is 0 Å². The fourth-order valence-corrected chi connectivity index (χ4v) is 2.36. The third-order valence-corrected chi connectivity index (χ3v) is 3.38. The fourth-order valence-electron chi connectivity index (χ4n) is 2.36. The lowest BCUT2D eigenvalue weighted by molar-refractivity contribution is -0.0880. The van der Waals surface area contributed by atoms with Gasteiger partial charge >= 0.3 is 0 Å². The highest BCUT2D eigenvalue weighted by molar-refractivity contribution is 4.75. The van der Waals surface area contributed by atoms with Crippen LogP contribution in [0.15, 0.2) is 0 Å². The van der Waals surface area contributed by atoms with Gasteiger partial charge in [-0.25, -0.2) is 0 Å². The van der Waals surface area contributed by atoms with E-state index in [-0.39, 0.29) is 0 Å². The maximum absolute atomic E-state index is 5.97. The molecule has 0 radical (unpaired) electrons. The average molecular weight is 213 g/mol. The number of hydrogen-bond donors (Lipinski definition) is 0. The first kappa shape index (κ1) is 13.0. The van der Waals surface area contributed by atoms with Gasteiger partial charge in [0.2, 0.25) is 0 Å². The monoisotopic (exact) mass is 213 g/mol. The highest BCUT2D eigenvalue weighted by atomic mass is 16.5. The van der Waals surface area contributed by atoms with Crippen LogP contribution in [0.5, 0.6) is 0 Å². The Bertz CT molecular complexity index is 161. The van der Waals surface area contributed by atoms with Crippen molar-refractivity contribution in [3.63, 3.8) is 0 Å². The Kier molecular flexibility index (Phi) is 6.26. The molecule has 15 heavy (non-hydrogen) atoms. The van der Waals surface area contributed by atoms with Crippen LogP contribution >= 0.6 is 0 Å². The van der Waals surface area contributed by atoms with Crippen molar-refractivity contribution in [2.75, 3.05) is 13.2 Å². The van der Waals surface area contributed by atoms with Gasteiger partial charge < -0.3 is 4.74 Å². The smallest absolute Gasteiger partial charge is 0.110 e. The fraction of sp³-hybridized carbons (Fsp3) is 1.00. The summed E-state index contributed by atoms with van der Waals surface area (Å²) in [6.45, 7) is 8.95. The maximum atomic E-state index is 5.97. The zero-order valence-electron chi connectivity index (χ0n) is 10.7. The zero-order chi connectivity index (χ0) is 11.1. The predicted molar refractivity (Wildman–Crippen MR) is 65.0 cm³/mol. The summed E-state index contributed by atoms with van der Waals surface area (Å²) < 4.78 is 5.97. The summed E-state index contributed by atoms with van der Waals surface area (Å²) in [5, 5.41) is 0. The van der Waals surface area contributed by atoms with Crippen LogP contribution in [0.25, 0.3) is 0 Å². The summed E-state index contributed by atoms with van der Waals surface area (Å²) in [7, 11) is 0. The van der Waals surface area contributed by atoms with E-state index in [1.807, 2.05) is 0 Å². The van der Waals surface area contributed by atoms with E-state index >= 15 is 0 Å². The first-order chi connectivity index (χ1) is 7.29. The molecular formula is C13H27NO. The molecule has 0 amide bonds. The molecule has 1 rings (SSSR count). The molecule has 2 nitrogen and oxygen atoms in total. The van der Waals surface area contributed by atoms with E-state index in [0.29, 0.717) is 12.3 Å². The molecule has 0 aliphatic carbocycles. The summed E-state index contributed by atoms with van der Waals surface area (Å²) >= 11 is 0. The van der Waals surface area contributed by atoms with Crippen LogP contribution in [0.1, 0.15) is 59.3 Å². The van der Waals surface area contributed by atoms with Crippen molar-refractivity contribution in [2.45, 2.75) is 71.6 Å². The van der Waals surface area contributed by atoms with Crippen LogP contribution in [-0.4, -0.2) is 30.3 Å². The van der Waals surface area contributed by atoms with Crippen LogP contribution in [0, 0.1) is 0 Å². The summed E-state index contributed by atoms with van der Waals surface area (Å²) in [4.78, 5) is 2.55. The van der Waals surface area contributed by atoms with Gasteiger partial charge in [-0.15, -0.1) is 0 Å². The second-order valence-corrected chi connectivity index (χ2v) is 4.67. The van der Waals surface area contributed by atoms with Crippen molar-refractivity contribution in [3.05, 3.63) is 0 Å². The number of likely N-dealkylation sites (tertiary alicyclic amines) is 1. The van der Waals surface area contributed by atoms with E-state index in [4.69, 9.17) is 4.74 Å². The SMILES string of the molecule is CCCCOC(CC)N1CCCCC1C. The Hall–Kier alpha value is -0.0800. The van der Waals surface area contributed by atoms with Gasteiger partial charge in [0, 0.05) is 19.2 Å². The maximum Gasteiger partial charge on any atom is 0.110 e. The molecule has 1 aliphatic rings. The van der Waals surface area contributed by atoms with Gasteiger partial charge in [-0.05, 0) is 32.6 Å². The summed E-state index contributed by atoms with van der Waals surface area (Å²) in [6.07, 6.45) is 7.99. The molecule has 0 aromatic carbocycles. The van der Waals surface area contributed by atoms with Crippen molar-refractivity contribution in [1.29, 1.82) is 0 Å². The molecule has 0 aromatic heterocycles. The zero-order valence-corrected chi connectivity index (χ0v) is 10.7. The van der Waals surface area contributed by atoms with E-state index in [9.17, 15) is 0 Å². The Morgan fingerprint density at radius 2 is 2.13 bits per heavy atom. The Labute approximate surface area is 95.0 Å². The molecule has 1 aliphatic heterocycles. The number of ether oxygens (including phenoxy) is 1. The van der Waals surface area contributed by atoms with Gasteiger partial charge in [0.15, 0.2) is 0 Å². The van der Waals surface area contributed by atoms with Crippen LogP contribution in [0.4, 0.5) is 0 Å². The Morgan fingerprint density at radius 3 is 2.73 bits per heavy atom. The molecule has 2 atom stereocenters. The number of nitrogens with zero attached hydrogens (tertiary/aromatic N) is 1. The Balaban J connectivity index is 2.34. The van der Waals surface area contributed by atoms with Crippen LogP contribution in [-0.2, 0) is 4.74 Å². The van der Waals surface area contributed by atoms with E-state index < -0.39 is 0 Å². The Morgan fingerprint density at radius 1 is 1.33 bits per heavy atom. The first-order valence-corrected chi connectivity index (χ1v) is 6.67. The first-order valence-electron chi connectivity index (χ1n) is 6.67. The van der Waals surface area contributed by atoms with Crippen molar-refractivity contribution in [2.24, 2.45) is 0 Å². The van der Waals surface area contributed by atoms with Crippen molar-refractivity contribution in [1.82, 2.24) is 4.90 Å². The van der Waals surface area contributed by atoms with Crippen LogP contribution in [0.2, 0.25) is 0 Å². The normalized spacial score (nSPS) is 25.4. The minimum Gasteiger partial charge on any atom is -0.363 e. The predicted octanol–water partition coefficient (Wildman–Crippen LogP) is 3.41. The molecule has 0 bridgehead atoms. The molecule has 0 N–H and O–H groups in total. The number of rotatable bonds is 6. The highest BCUT2D eigenvalue weighted by Gasteiger charge is 2.24. The van der Waals surface area contributed by atoms with Gasteiger partial charge in [0.05, 0.1) is 0 Å². The number of piperidine rings is 1. The van der Waals surface area contributed by atoms with Crippen molar-refractivity contribution in [3.8, 4) is 0 Å². The average Bonchev–Trinajstić information content (AvgIpc) is 2.26. The molecule has 1 fully saturated rings. The van der Waals surface area contributed by atoms with E-state index in [0.717, 1.165) is 13.0 Å². The standard InChI is InChI=1S/C13H27NO/c1-4-6-11-15-13(5-2)14-10-8-7-9-12(14)3/h12-13H,4-11H2,1-3H3. The summed E-state index contributed by atoms with van der Waals surface area (Å²) in [5.41, 5.74) is 0. The van der Waals surface area contributed by atoms with Gasteiger partial charge in [-0.3, -0.25) is 4.90 Å². The second kappa shape index (κ2) is 7.24. The molecule has 0 aromatic rings. The van der Waals surface area contributed by atoms with E-state index in [1.165, 1.54) is 38.6 Å². The van der Waals surface area contributed by atoms with Crippen LogP contribution < -0.4 is 0 Å². The molecule has 2 unspecified atom stereocenters. The van der Waals surface area contributed by atoms with Gasteiger partial charge in [-0.1, -0.05) is 26.7 Å². The van der Waals surface area contributed by atoms with Gasteiger partial charge in [0.25, 0.3) is 0 Å². The molecule has 0 saturated carbocycles. The number of unbranched alkanes of at least 4 members (excludes halogenated alkanes) is 1.